The van der Waals surface area contributed by atoms with Crippen molar-refractivity contribution in [3.05, 3.63) is 72.3 Å². The van der Waals surface area contributed by atoms with Gasteiger partial charge in [0.05, 0.1) is 11.2 Å². The highest BCUT2D eigenvalue weighted by Gasteiger charge is 2.34. The van der Waals surface area contributed by atoms with Gasteiger partial charge in [0.2, 0.25) is 0 Å². The number of imidazole rings is 1. The SMILES string of the molecule is CC(C)(C)c1ccc(-c2nc3c(N4CCN(CCOc5ccc(NC(=O)NC6CN7CCC6CC7)cc5)CC4)cccc3[nH]2)cc1. The van der Waals surface area contributed by atoms with E-state index in [4.69, 9.17) is 9.72 Å². The number of nitrogens with one attached hydrogen (secondary N) is 3. The zero-order chi connectivity index (χ0) is 31.7. The van der Waals surface area contributed by atoms with E-state index in [1.165, 1.54) is 37.2 Å². The second-order valence-corrected chi connectivity index (χ2v) is 14.1. The molecule has 4 aromatic rings. The smallest absolute Gasteiger partial charge is 0.319 e. The summed E-state index contributed by atoms with van der Waals surface area (Å²) in [5, 5.41) is 6.17. The first-order valence-corrected chi connectivity index (χ1v) is 16.9. The molecule has 242 valence electrons. The molecule has 4 saturated heterocycles. The van der Waals surface area contributed by atoms with Crippen molar-refractivity contribution in [1.82, 2.24) is 25.1 Å². The van der Waals surface area contributed by atoms with Crippen LogP contribution in [0.5, 0.6) is 5.75 Å². The minimum absolute atomic E-state index is 0.124. The fourth-order valence-electron chi connectivity index (χ4n) is 7.14. The van der Waals surface area contributed by atoms with Gasteiger partial charge >= 0.3 is 6.03 Å². The standard InChI is InChI=1S/C37H47N7O2/c1-37(2,3)28-9-7-27(8-10-28)35-39-31-5-4-6-33(34(31)41-35)44-21-19-42(20-22-44)23-24-46-30-13-11-29(12-14-30)38-36(45)40-32-25-43-17-15-26(32)16-18-43/h4-14,26,32H,15-25H2,1-3H3,(H,39,41)(H2,38,40,45). The van der Waals surface area contributed by atoms with Gasteiger partial charge in [-0.25, -0.2) is 9.78 Å². The predicted octanol–water partition coefficient (Wildman–Crippen LogP) is 5.94. The van der Waals surface area contributed by atoms with Crippen LogP contribution < -0.4 is 20.3 Å². The Bertz CT molecular complexity index is 1630. The van der Waals surface area contributed by atoms with E-state index < -0.39 is 0 Å². The number of para-hydroxylation sites is 1. The molecule has 3 N–H and O–H groups in total. The van der Waals surface area contributed by atoms with E-state index in [0.717, 1.165) is 73.1 Å². The van der Waals surface area contributed by atoms with Crippen molar-refractivity contribution >= 4 is 28.4 Å². The number of hydrogen-bond acceptors (Lipinski definition) is 6. The van der Waals surface area contributed by atoms with Gasteiger partial charge in [0.1, 0.15) is 23.7 Å². The van der Waals surface area contributed by atoms with E-state index in [2.05, 4.69) is 93.6 Å². The van der Waals surface area contributed by atoms with E-state index in [9.17, 15) is 4.79 Å². The number of aromatic nitrogens is 2. The van der Waals surface area contributed by atoms with Gasteiger partial charge in [0.25, 0.3) is 0 Å². The highest BCUT2D eigenvalue weighted by Crippen LogP contribution is 2.31. The van der Waals surface area contributed by atoms with Crippen LogP contribution in [0.2, 0.25) is 0 Å². The van der Waals surface area contributed by atoms with Crippen molar-refractivity contribution in [2.24, 2.45) is 5.92 Å². The Hall–Kier alpha value is -4.08. The molecule has 2 amide bonds. The monoisotopic (exact) mass is 621 g/mol. The Morgan fingerprint density at radius 1 is 0.935 bits per heavy atom. The largest absolute Gasteiger partial charge is 0.492 e. The lowest BCUT2D eigenvalue weighted by Crippen LogP contribution is -2.57. The third kappa shape index (κ3) is 6.86. The number of aromatic amines is 1. The van der Waals surface area contributed by atoms with Gasteiger partial charge in [0, 0.05) is 56.6 Å². The highest BCUT2D eigenvalue weighted by atomic mass is 16.5. The molecule has 4 aliphatic heterocycles. The highest BCUT2D eigenvalue weighted by molar-refractivity contribution is 5.91. The van der Waals surface area contributed by atoms with Gasteiger partial charge in [0.15, 0.2) is 0 Å². The number of piperidine rings is 3. The molecule has 9 heteroatoms. The van der Waals surface area contributed by atoms with Crippen LogP contribution in [0, 0.1) is 5.92 Å². The van der Waals surface area contributed by atoms with Crippen molar-refractivity contribution in [2.75, 3.05) is 69.2 Å². The first-order valence-electron chi connectivity index (χ1n) is 16.9. The van der Waals surface area contributed by atoms with Crippen LogP contribution >= 0.6 is 0 Å². The molecule has 1 unspecified atom stereocenters. The fraction of sp³-hybridized carbons (Fsp3) is 0.459. The molecule has 5 heterocycles. The molecule has 1 aromatic heterocycles. The molecule has 0 aliphatic carbocycles. The van der Waals surface area contributed by atoms with E-state index in [1.54, 1.807) is 0 Å². The summed E-state index contributed by atoms with van der Waals surface area (Å²) in [4.78, 5) is 28.5. The van der Waals surface area contributed by atoms with E-state index in [1.807, 2.05) is 24.3 Å². The van der Waals surface area contributed by atoms with Crippen LogP contribution in [0.3, 0.4) is 0 Å². The van der Waals surface area contributed by atoms with Gasteiger partial charge in [-0.1, -0.05) is 51.1 Å². The number of piperazine rings is 1. The summed E-state index contributed by atoms with van der Waals surface area (Å²) in [7, 11) is 0. The molecule has 2 bridgehead atoms. The van der Waals surface area contributed by atoms with Crippen molar-refractivity contribution in [1.29, 1.82) is 0 Å². The predicted molar refractivity (Wildman–Crippen MR) is 186 cm³/mol. The number of nitrogens with zero attached hydrogens (tertiary/aromatic N) is 4. The first-order chi connectivity index (χ1) is 22.3. The van der Waals surface area contributed by atoms with Crippen molar-refractivity contribution in [3.8, 4) is 17.1 Å². The number of fused-ring (bicyclic) bond motifs is 4. The third-order valence-electron chi connectivity index (χ3n) is 9.99. The van der Waals surface area contributed by atoms with Gasteiger partial charge in [-0.05, 0) is 79.2 Å². The number of ether oxygens (including phenoxy) is 1. The number of urea groups is 1. The molecule has 8 rings (SSSR count). The summed E-state index contributed by atoms with van der Waals surface area (Å²) in [5.41, 5.74) is 6.62. The normalized spacial score (nSPS) is 21.8. The molecule has 3 aromatic carbocycles. The Labute approximate surface area is 272 Å². The molecule has 4 fully saturated rings. The maximum atomic E-state index is 12.6. The van der Waals surface area contributed by atoms with Crippen LogP contribution in [0.4, 0.5) is 16.2 Å². The van der Waals surface area contributed by atoms with E-state index in [-0.39, 0.29) is 17.5 Å². The van der Waals surface area contributed by atoms with Crippen LogP contribution in [0.15, 0.2) is 66.7 Å². The number of H-pyrrole nitrogens is 1. The number of benzene rings is 3. The van der Waals surface area contributed by atoms with Crippen LogP contribution in [0.25, 0.3) is 22.4 Å². The van der Waals surface area contributed by atoms with Gasteiger partial charge < -0.3 is 30.2 Å². The Morgan fingerprint density at radius 3 is 2.35 bits per heavy atom. The second kappa shape index (κ2) is 13.0. The molecule has 0 spiro atoms. The van der Waals surface area contributed by atoms with Crippen molar-refractivity contribution < 1.29 is 9.53 Å². The van der Waals surface area contributed by atoms with Crippen molar-refractivity contribution in [3.63, 3.8) is 0 Å². The first kappa shape index (κ1) is 30.6. The summed E-state index contributed by atoms with van der Waals surface area (Å²) in [5.74, 6) is 2.34. The van der Waals surface area contributed by atoms with E-state index in [0.29, 0.717) is 12.5 Å². The summed E-state index contributed by atoms with van der Waals surface area (Å²) in [6, 6.07) is 23.0. The summed E-state index contributed by atoms with van der Waals surface area (Å²) >= 11 is 0. The summed E-state index contributed by atoms with van der Waals surface area (Å²) in [6.45, 7) is 15.4. The van der Waals surface area contributed by atoms with Crippen LogP contribution in [-0.2, 0) is 5.41 Å². The molecule has 0 radical (unpaired) electrons. The van der Waals surface area contributed by atoms with Crippen LogP contribution in [0.1, 0.15) is 39.2 Å². The molecule has 0 saturated carbocycles. The molecule has 4 aliphatic rings. The van der Waals surface area contributed by atoms with Gasteiger partial charge in [-0.15, -0.1) is 0 Å². The minimum Gasteiger partial charge on any atom is -0.492 e. The molecule has 46 heavy (non-hydrogen) atoms. The molecule has 9 nitrogen and oxygen atoms in total. The Balaban J connectivity index is 0.871. The zero-order valence-corrected chi connectivity index (χ0v) is 27.4. The number of carbonyl (C=O) groups excluding carboxylic acids is 1. The number of hydrogen-bond donors (Lipinski definition) is 3. The zero-order valence-electron chi connectivity index (χ0n) is 27.4. The molecule has 1 atom stereocenters. The number of anilines is 2. The van der Waals surface area contributed by atoms with Crippen molar-refractivity contribution in [2.45, 2.75) is 45.1 Å². The third-order valence-corrected chi connectivity index (χ3v) is 9.99. The number of amides is 2. The van der Waals surface area contributed by atoms with Gasteiger partial charge in [-0.2, -0.15) is 0 Å². The Kier molecular flexibility index (Phi) is 8.62. The minimum atomic E-state index is -0.124. The van der Waals surface area contributed by atoms with Crippen LogP contribution in [-0.4, -0.2) is 90.8 Å². The molecular weight excluding hydrogens is 574 g/mol. The average molecular weight is 622 g/mol. The average Bonchev–Trinajstić information content (AvgIpc) is 3.51. The number of rotatable bonds is 8. The summed E-state index contributed by atoms with van der Waals surface area (Å²) in [6.07, 6.45) is 2.37. The topological polar surface area (TPSA) is 88.8 Å². The molecular formula is C37H47N7O2. The Morgan fingerprint density at radius 2 is 1.67 bits per heavy atom. The second-order valence-electron chi connectivity index (χ2n) is 14.1. The lowest BCUT2D eigenvalue weighted by Gasteiger charge is -2.44. The number of carbonyl (C=O) groups is 1. The van der Waals surface area contributed by atoms with E-state index >= 15 is 0 Å². The quantitative estimate of drug-likeness (QED) is 0.226. The lowest BCUT2D eigenvalue weighted by molar-refractivity contribution is 0.0777. The fourth-order valence-corrected chi connectivity index (χ4v) is 7.14. The maximum Gasteiger partial charge on any atom is 0.319 e. The maximum absolute atomic E-state index is 12.6. The summed E-state index contributed by atoms with van der Waals surface area (Å²) < 4.78 is 6.06. The lowest BCUT2D eigenvalue weighted by atomic mass is 9.84. The van der Waals surface area contributed by atoms with Gasteiger partial charge in [-0.3, -0.25) is 4.90 Å².